The Kier molecular flexibility index (Phi) is 6.02. The van der Waals surface area contributed by atoms with E-state index in [9.17, 15) is 4.57 Å². The third kappa shape index (κ3) is 4.01. The van der Waals surface area contributed by atoms with Crippen LogP contribution in [0.15, 0.2) is 71.0 Å². The molecular weight excluding hydrogens is 353 g/mol. The minimum absolute atomic E-state index is 0.152. The SMILES string of the molecule is CCOP(=O)(OCC)C1=CNc2ccccc2SC1c1ccccc1. The van der Waals surface area contributed by atoms with E-state index in [1.807, 2.05) is 62.4 Å². The van der Waals surface area contributed by atoms with E-state index < -0.39 is 7.60 Å². The molecule has 0 aromatic heterocycles. The van der Waals surface area contributed by atoms with E-state index in [-0.39, 0.29) is 5.25 Å². The highest BCUT2D eigenvalue weighted by atomic mass is 32.2. The molecule has 1 aliphatic heterocycles. The average molecular weight is 375 g/mol. The zero-order valence-corrected chi connectivity index (χ0v) is 16.1. The molecular formula is C19H22NO3PS. The number of anilines is 1. The Bertz CT molecular complexity index is 784. The average Bonchev–Trinajstić information content (AvgIpc) is 2.83. The first-order chi connectivity index (χ1) is 12.2. The monoisotopic (exact) mass is 375 g/mol. The molecule has 1 N–H and O–H groups in total. The molecule has 0 saturated carbocycles. The molecule has 2 aromatic carbocycles. The first kappa shape index (κ1) is 18.3. The van der Waals surface area contributed by atoms with Crippen LogP contribution in [0.4, 0.5) is 5.69 Å². The van der Waals surface area contributed by atoms with Gasteiger partial charge in [0.15, 0.2) is 0 Å². The predicted molar refractivity (Wildman–Crippen MR) is 104 cm³/mol. The fourth-order valence-electron chi connectivity index (χ4n) is 2.72. The van der Waals surface area contributed by atoms with Gasteiger partial charge in [-0.2, -0.15) is 0 Å². The molecule has 0 spiro atoms. The van der Waals surface area contributed by atoms with Gasteiger partial charge in [0.2, 0.25) is 0 Å². The quantitative estimate of drug-likeness (QED) is 0.623. The van der Waals surface area contributed by atoms with Gasteiger partial charge in [-0.15, -0.1) is 11.8 Å². The second-order valence-electron chi connectivity index (χ2n) is 5.45. The van der Waals surface area contributed by atoms with Gasteiger partial charge in [-0.3, -0.25) is 4.57 Å². The topological polar surface area (TPSA) is 47.6 Å². The lowest BCUT2D eigenvalue weighted by molar-refractivity contribution is 0.225. The lowest BCUT2D eigenvalue weighted by Crippen LogP contribution is -2.06. The Morgan fingerprint density at radius 1 is 1.00 bits per heavy atom. The Balaban J connectivity index is 2.10. The number of rotatable bonds is 6. The number of benzene rings is 2. The number of fused-ring (bicyclic) bond motifs is 1. The maximum absolute atomic E-state index is 13.5. The van der Waals surface area contributed by atoms with Gasteiger partial charge < -0.3 is 14.4 Å². The van der Waals surface area contributed by atoms with Crippen LogP contribution in [0.1, 0.15) is 24.7 Å². The van der Waals surface area contributed by atoms with Crippen LogP contribution in [0.25, 0.3) is 0 Å². The minimum atomic E-state index is -3.39. The molecule has 4 nitrogen and oxygen atoms in total. The van der Waals surface area contributed by atoms with Crippen molar-refractivity contribution in [2.24, 2.45) is 0 Å². The molecule has 3 rings (SSSR count). The van der Waals surface area contributed by atoms with Gasteiger partial charge in [0.25, 0.3) is 0 Å². The maximum Gasteiger partial charge on any atom is 0.360 e. The Morgan fingerprint density at radius 2 is 1.64 bits per heavy atom. The molecule has 0 aliphatic carbocycles. The van der Waals surface area contributed by atoms with Gasteiger partial charge in [0, 0.05) is 11.1 Å². The molecule has 1 atom stereocenters. The summed E-state index contributed by atoms with van der Waals surface area (Å²) in [5, 5.41) is 3.77. The molecule has 2 aromatic rings. The fraction of sp³-hybridized carbons (Fsp3) is 0.263. The highest BCUT2D eigenvalue weighted by Gasteiger charge is 2.38. The van der Waals surface area contributed by atoms with Crippen molar-refractivity contribution < 1.29 is 13.6 Å². The highest BCUT2D eigenvalue weighted by molar-refractivity contribution is 8.00. The van der Waals surface area contributed by atoms with Crippen LogP contribution in [0, 0.1) is 0 Å². The summed E-state index contributed by atoms with van der Waals surface area (Å²) < 4.78 is 24.7. The van der Waals surface area contributed by atoms with Gasteiger partial charge in [-0.05, 0) is 31.5 Å². The van der Waals surface area contributed by atoms with Crippen molar-refractivity contribution in [2.45, 2.75) is 24.0 Å². The number of para-hydroxylation sites is 1. The van der Waals surface area contributed by atoms with E-state index in [1.54, 1.807) is 18.0 Å². The standard InChI is InChI=1S/C19H22NO3PS/c1-3-22-24(21,23-4-2)17-14-20-16-12-8-9-13-18(16)25-19(17)15-10-6-5-7-11-15/h5-14,19-20H,3-4H2,1-2H3. The van der Waals surface area contributed by atoms with Crippen molar-refractivity contribution in [3.05, 3.63) is 71.7 Å². The Hall–Kier alpha value is -1.52. The summed E-state index contributed by atoms with van der Waals surface area (Å²) in [7, 11) is -3.39. The second-order valence-corrected chi connectivity index (χ2v) is 8.63. The summed E-state index contributed by atoms with van der Waals surface area (Å²) in [4.78, 5) is 1.10. The molecule has 1 aliphatic rings. The first-order valence-corrected chi connectivity index (χ1v) is 10.8. The summed E-state index contributed by atoms with van der Waals surface area (Å²) >= 11 is 1.65. The van der Waals surface area contributed by atoms with E-state index in [4.69, 9.17) is 9.05 Å². The van der Waals surface area contributed by atoms with Crippen molar-refractivity contribution in [1.29, 1.82) is 0 Å². The van der Waals surface area contributed by atoms with E-state index >= 15 is 0 Å². The van der Waals surface area contributed by atoms with Crippen LogP contribution >= 0.6 is 19.4 Å². The van der Waals surface area contributed by atoms with Gasteiger partial charge in [-0.1, -0.05) is 42.5 Å². The molecule has 1 unspecified atom stereocenters. The molecule has 0 saturated heterocycles. The van der Waals surface area contributed by atoms with Crippen LogP contribution in [-0.4, -0.2) is 13.2 Å². The summed E-state index contributed by atoms with van der Waals surface area (Å²) in [6, 6.07) is 18.1. The van der Waals surface area contributed by atoms with Gasteiger partial charge in [0.1, 0.15) is 0 Å². The lowest BCUT2D eigenvalue weighted by atomic mass is 10.1. The summed E-state index contributed by atoms with van der Waals surface area (Å²) in [6.07, 6.45) is 1.79. The van der Waals surface area contributed by atoms with Crippen molar-refractivity contribution in [2.75, 3.05) is 18.5 Å². The van der Waals surface area contributed by atoms with Crippen molar-refractivity contribution >= 4 is 25.0 Å². The van der Waals surface area contributed by atoms with E-state index in [0.717, 1.165) is 16.1 Å². The van der Waals surface area contributed by atoms with Crippen LogP contribution in [0.5, 0.6) is 0 Å². The van der Waals surface area contributed by atoms with E-state index in [2.05, 4.69) is 11.4 Å². The number of hydrogen-bond donors (Lipinski definition) is 1. The normalized spacial score (nSPS) is 17.2. The van der Waals surface area contributed by atoms with E-state index in [1.165, 1.54) is 0 Å². The molecule has 1 heterocycles. The van der Waals surface area contributed by atoms with Gasteiger partial charge in [-0.25, -0.2) is 0 Å². The third-order valence-electron chi connectivity index (χ3n) is 3.79. The van der Waals surface area contributed by atoms with Gasteiger partial charge >= 0.3 is 7.60 Å². The lowest BCUT2D eigenvalue weighted by Gasteiger charge is -2.25. The molecule has 25 heavy (non-hydrogen) atoms. The number of thioether (sulfide) groups is 1. The maximum atomic E-state index is 13.5. The Morgan fingerprint density at radius 3 is 2.32 bits per heavy atom. The highest BCUT2D eigenvalue weighted by Crippen LogP contribution is 2.64. The minimum Gasteiger partial charge on any atom is -0.360 e. The van der Waals surface area contributed by atoms with Crippen LogP contribution in [0.2, 0.25) is 0 Å². The number of hydrogen-bond acceptors (Lipinski definition) is 5. The molecule has 0 radical (unpaired) electrons. The summed E-state index contributed by atoms with van der Waals surface area (Å²) in [5.41, 5.74) is 2.06. The van der Waals surface area contributed by atoms with Gasteiger partial charge in [0.05, 0.1) is 29.5 Å². The molecule has 0 fully saturated rings. The van der Waals surface area contributed by atoms with Crippen LogP contribution in [-0.2, 0) is 13.6 Å². The molecule has 0 bridgehead atoms. The van der Waals surface area contributed by atoms with E-state index in [0.29, 0.717) is 18.5 Å². The second kappa shape index (κ2) is 8.24. The molecule has 0 amide bonds. The summed E-state index contributed by atoms with van der Waals surface area (Å²) in [6.45, 7) is 4.31. The zero-order valence-electron chi connectivity index (χ0n) is 14.3. The zero-order chi connectivity index (χ0) is 17.7. The first-order valence-electron chi connectivity index (χ1n) is 8.35. The molecule has 6 heteroatoms. The molecule has 132 valence electrons. The van der Waals surface area contributed by atoms with Crippen molar-refractivity contribution in [3.63, 3.8) is 0 Å². The predicted octanol–water partition coefficient (Wildman–Crippen LogP) is 6.05. The third-order valence-corrected chi connectivity index (χ3v) is 7.56. The van der Waals surface area contributed by atoms with Crippen LogP contribution in [0.3, 0.4) is 0 Å². The number of nitrogens with one attached hydrogen (secondary N) is 1. The Labute approximate surface area is 153 Å². The van der Waals surface area contributed by atoms with Crippen molar-refractivity contribution in [3.8, 4) is 0 Å². The van der Waals surface area contributed by atoms with Crippen molar-refractivity contribution in [1.82, 2.24) is 0 Å². The fourth-order valence-corrected chi connectivity index (χ4v) is 6.12. The van der Waals surface area contributed by atoms with Crippen LogP contribution < -0.4 is 5.32 Å². The smallest absolute Gasteiger partial charge is 0.360 e. The largest absolute Gasteiger partial charge is 0.360 e. The summed E-state index contributed by atoms with van der Waals surface area (Å²) in [5.74, 6) is 0.